The van der Waals surface area contributed by atoms with Crippen molar-refractivity contribution in [1.29, 1.82) is 0 Å². The summed E-state index contributed by atoms with van der Waals surface area (Å²) in [5.74, 6) is -2.22. The first-order chi connectivity index (χ1) is 9.08. The Bertz CT molecular complexity index is 614. The Morgan fingerprint density at radius 3 is 2.58 bits per heavy atom. The maximum Gasteiger partial charge on any atom is 0.254 e. The van der Waals surface area contributed by atoms with E-state index in [9.17, 15) is 13.6 Å². The van der Waals surface area contributed by atoms with Gasteiger partial charge in [-0.25, -0.2) is 8.78 Å². The molecule has 98 valence electrons. The van der Waals surface area contributed by atoms with E-state index in [2.05, 4.69) is 5.32 Å². The Morgan fingerprint density at radius 2 is 1.89 bits per heavy atom. The van der Waals surface area contributed by atoms with Crippen molar-refractivity contribution < 1.29 is 13.6 Å². The van der Waals surface area contributed by atoms with Gasteiger partial charge >= 0.3 is 0 Å². The SMILES string of the molecule is Nc1ccccc1CNC(=O)c1ccc(F)cc1F. The second kappa shape index (κ2) is 5.48. The highest BCUT2D eigenvalue weighted by Gasteiger charge is 2.12. The van der Waals surface area contributed by atoms with Crippen molar-refractivity contribution in [2.75, 3.05) is 5.73 Å². The zero-order valence-electron chi connectivity index (χ0n) is 9.99. The van der Waals surface area contributed by atoms with Crippen LogP contribution in [0, 0.1) is 11.6 Å². The summed E-state index contributed by atoms with van der Waals surface area (Å²) in [5.41, 5.74) is 6.80. The van der Waals surface area contributed by atoms with Gasteiger partial charge in [0.25, 0.3) is 5.91 Å². The van der Waals surface area contributed by atoms with E-state index in [0.29, 0.717) is 11.8 Å². The first-order valence-electron chi connectivity index (χ1n) is 5.64. The third-order valence-corrected chi connectivity index (χ3v) is 2.67. The summed E-state index contributed by atoms with van der Waals surface area (Å²) in [6.07, 6.45) is 0. The lowest BCUT2D eigenvalue weighted by Gasteiger charge is -2.08. The Kier molecular flexibility index (Phi) is 3.75. The summed E-state index contributed by atoms with van der Waals surface area (Å²) >= 11 is 0. The van der Waals surface area contributed by atoms with Crippen LogP contribution in [-0.4, -0.2) is 5.91 Å². The predicted molar refractivity (Wildman–Crippen MR) is 68.4 cm³/mol. The van der Waals surface area contributed by atoms with Gasteiger partial charge < -0.3 is 11.1 Å². The van der Waals surface area contributed by atoms with E-state index in [0.717, 1.165) is 17.7 Å². The van der Waals surface area contributed by atoms with Crippen LogP contribution >= 0.6 is 0 Å². The highest BCUT2D eigenvalue weighted by Crippen LogP contribution is 2.12. The molecule has 2 rings (SSSR count). The molecule has 0 radical (unpaired) electrons. The Hall–Kier alpha value is -2.43. The van der Waals surface area contributed by atoms with Crippen molar-refractivity contribution in [1.82, 2.24) is 5.32 Å². The van der Waals surface area contributed by atoms with Gasteiger partial charge in [-0.1, -0.05) is 18.2 Å². The molecule has 0 unspecified atom stereocenters. The minimum absolute atomic E-state index is 0.183. The fraction of sp³-hybridized carbons (Fsp3) is 0.0714. The number of carbonyl (C=O) groups is 1. The van der Waals surface area contributed by atoms with Crippen LogP contribution in [0.25, 0.3) is 0 Å². The third kappa shape index (κ3) is 3.07. The highest BCUT2D eigenvalue weighted by molar-refractivity contribution is 5.94. The smallest absolute Gasteiger partial charge is 0.254 e. The van der Waals surface area contributed by atoms with Gasteiger partial charge in [0.2, 0.25) is 0 Å². The summed E-state index contributed by atoms with van der Waals surface area (Å²) in [4.78, 5) is 11.7. The van der Waals surface area contributed by atoms with Gasteiger partial charge in [0.1, 0.15) is 11.6 Å². The molecule has 0 fully saturated rings. The molecule has 3 nitrogen and oxygen atoms in total. The second-order valence-corrected chi connectivity index (χ2v) is 4.01. The zero-order chi connectivity index (χ0) is 13.8. The van der Waals surface area contributed by atoms with Crippen LogP contribution in [0.5, 0.6) is 0 Å². The minimum atomic E-state index is -0.890. The first-order valence-corrected chi connectivity index (χ1v) is 5.64. The zero-order valence-corrected chi connectivity index (χ0v) is 9.99. The van der Waals surface area contributed by atoms with Crippen molar-refractivity contribution in [2.24, 2.45) is 0 Å². The number of hydrogen-bond acceptors (Lipinski definition) is 2. The number of nitrogens with two attached hydrogens (primary N) is 1. The van der Waals surface area contributed by atoms with Crippen LogP contribution in [0.2, 0.25) is 0 Å². The lowest BCUT2D eigenvalue weighted by Crippen LogP contribution is -2.24. The molecular formula is C14H12F2N2O. The molecule has 0 aromatic heterocycles. The van der Waals surface area contributed by atoms with E-state index in [1.807, 2.05) is 0 Å². The van der Waals surface area contributed by atoms with Crippen molar-refractivity contribution in [2.45, 2.75) is 6.54 Å². The molecule has 19 heavy (non-hydrogen) atoms. The van der Waals surface area contributed by atoms with Crippen LogP contribution in [0.4, 0.5) is 14.5 Å². The van der Waals surface area contributed by atoms with E-state index in [1.54, 1.807) is 24.3 Å². The number of amides is 1. The molecular weight excluding hydrogens is 250 g/mol. The number of para-hydroxylation sites is 1. The van der Waals surface area contributed by atoms with E-state index in [-0.39, 0.29) is 12.1 Å². The number of rotatable bonds is 3. The molecule has 0 aliphatic heterocycles. The van der Waals surface area contributed by atoms with E-state index < -0.39 is 17.5 Å². The van der Waals surface area contributed by atoms with Crippen LogP contribution in [0.15, 0.2) is 42.5 Å². The summed E-state index contributed by atoms with van der Waals surface area (Å²) in [5, 5.41) is 2.53. The quantitative estimate of drug-likeness (QED) is 0.835. The standard InChI is InChI=1S/C14H12F2N2O/c15-10-5-6-11(12(16)7-10)14(19)18-8-9-3-1-2-4-13(9)17/h1-7H,8,17H2,(H,18,19). The Morgan fingerprint density at radius 1 is 1.16 bits per heavy atom. The predicted octanol–water partition coefficient (Wildman–Crippen LogP) is 2.48. The normalized spacial score (nSPS) is 10.2. The highest BCUT2D eigenvalue weighted by atomic mass is 19.1. The lowest BCUT2D eigenvalue weighted by atomic mass is 10.1. The Labute approximate surface area is 109 Å². The first kappa shape index (κ1) is 13.0. The molecule has 0 aliphatic rings. The lowest BCUT2D eigenvalue weighted by molar-refractivity contribution is 0.0947. The van der Waals surface area contributed by atoms with Gasteiger partial charge in [0.05, 0.1) is 5.56 Å². The summed E-state index contributed by atoms with van der Waals surface area (Å²) < 4.78 is 26.1. The van der Waals surface area contributed by atoms with Crippen molar-refractivity contribution >= 4 is 11.6 Å². The molecule has 2 aromatic carbocycles. The Balaban J connectivity index is 2.08. The fourth-order valence-electron chi connectivity index (χ4n) is 1.64. The van der Waals surface area contributed by atoms with Gasteiger partial charge in [-0.2, -0.15) is 0 Å². The number of benzene rings is 2. The number of anilines is 1. The van der Waals surface area contributed by atoms with E-state index in [1.165, 1.54) is 0 Å². The molecule has 0 heterocycles. The van der Waals surface area contributed by atoms with Gasteiger partial charge in [-0.3, -0.25) is 4.79 Å². The molecule has 0 spiro atoms. The van der Waals surface area contributed by atoms with Crippen molar-refractivity contribution in [3.05, 3.63) is 65.2 Å². The molecule has 3 N–H and O–H groups in total. The number of nitrogens with one attached hydrogen (secondary N) is 1. The summed E-state index contributed by atoms with van der Waals surface area (Å²) in [6.45, 7) is 0.183. The molecule has 0 aliphatic carbocycles. The molecule has 0 saturated carbocycles. The van der Waals surface area contributed by atoms with Crippen molar-refractivity contribution in [3.63, 3.8) is 0 Å². The third-order valence-electron chi connectivity index (χ3n) is 2.67. The van der Waals surface area contributed by atoms with Crippen LogP contribution in [0.3, 0.4) is 0 Å². The average molecular weight is 262 g/mol. The van der Waals surface area contributed by atoms with Gasteiger partial charge in [-0.15, -0.1) is 0 Å². The maximum atomic E-state index is 13.4. The van der Waals surface area contributed by atoms with Crippen molar-refractivity contribution in [3.8, 4) is 0 Å². The number of halogens is 2. The molecule has 2 aromatic rings. The maximum absolute atomic E-state index is 13.4. The minimum Gasteiger partial charge on any atom is -0.398 e. The topological polar surface area (TPSA) is 55.1 Å². The number of nitrogen functional groups attached to an aromatic ring is 1. The average Bonchev–Trinajstić information content (AvgIpc) is 2.37. The molecule has 1 amide bonds. The second-order valence-electron chi connectivity index (χ2n) is 4.01. The summed E-state index contributed by atoms with van der Waals surface area (Å²) in [6, 6.07) is 9.85. The number of carbonyl (C=O) groups excluding carboxylic acids is 1. The number of hydrogen-bond donors (Lipinski definition) is 2. The molecule has 5 heteroatoms. The van der Waals surface area contributed by atoms with E-state index in [4.69, 9.17) is 5.73 Å². The van der Waals surface area contributed by atoms with Crippen LogP contribution < -0.4 is 11.1 Å². The van der Waals surface area contributed by atoms with Gasteiger partial charge in [-0.05, 0) is 23.8 Å². The van der Waals surface area contributed by atoms with Gasteiger partial charge in [0, 0.05) is 18.3 Å². The van der Waals surface area contributed by atoms with E-state index >= 15 is 0 Å². The van der Waals surface area contributed by atoms with Crippen LogP contribution in [-0.2, 0) is 6.54 Å². The van der Waals surface area contributed by atoms with Gasteiger partial charge in [0.15, 0.2) is 0 Å². The monoisotopic (exact) mass is 262 g/mol. The summed E-state index contributed by atoms with van der Waals surface area (Å²) in [7, 11) is 0. The van der Waals surface area contributed by atoms with Crippen LogP contribution in [0.1, 0.15) is 15.9 Å². The molecule has 0 saturated heterocycles. The molecule has 0 bridgehead atoms. The fourth-order valence-corrected chi connectivity index (χ4v) is 1.64. The molecule has 0 atom stereocenters. The largest absolute Gasteiger partial charge is 0.398 e.